The zero-order valence-electron chi connectivity index (χ0n) is 10.4. The average molecular weight is 233 g/mol. The van der Waals surface area contributed by atoms with Crippen LogP contribution < -0.4 is 5.32 Å². The molecule has 1 aromatic rings. The molecule has 1 fully saturated rings. The summed E-state index contributed by atoms with van der Waals surface area (Å²) in [5, 5.41) is 2.59. The van der Waals surface area contributed by atoms with Gasteiger partial charge in [0, 0.05) is 26.7 Å². The van der Waals surface area contributed by atoms with Crippen LogP contribution in [0.15, 0.2) is 18.2 Å². The fourth-order valence-corrected chi connectivity index (χ4v) is 2.12. The molecule has 2 rings (SSSR count). The third-order valence-corrected chi connectivity index (χ3v) is 3.26. The Morgan fingerprint density at radius 2 is 2.29 bits per heavy atom. The monoisotopic (exact) mass is 233 g/mol. The molecule has 1 saturated heterocycles. The number of carbonyl (C=O) groups excluding carboxylic acids is 1. The van der Waals surface area contributed by atoms with Crippen LogP contribution in [0.2, 0.25) is 0 Å². The molecular formula is C13H19N3O. The zero-order chi connectivity index (χ0) is 12.3. The first-order chi connectivity index (χ1) is 8.22. The fourth-order valence-electron chi connectivity index (χ4n) is 2.12. The maximum absolute atomic E-state index is 11.4. The average Bonchev–Trinajstić information content (AvgIpc) is 2.32. The van der Waals surface area contributed by atoms with Crippen molar-refractivity contribution in [2.75, 3.05) is 20.1 Å². The van der Waals surface area contributed by atoms with Gasteiger partial charge in [-0.1, -0.05) is 19.4 Å². The number of pyridine rings is 1. The van der Waals surface area contributed by atoms with E-state index in [2.05, 4.69) is 22.1 Å². The van der Waals surface area contributed by atoms with E-state index in [1.54, 1.807) is 13.1 Å². The maximum atomic E-state index is 11.4. The van der Waals surface area contributed by atoms with Crippen LogP contribution in [0.25, 0.3) is 0 Å². The van der Waals surface area contributed by atoms with Crippen LogP contribution in [0.1, 0.15) is 29.5 Å². The van der Waals surface area contributed by atoms with E-state index in [1.807, 2.05) is 12.1 Å². The Morgan fingerprint density at radius 3 is 2.94 bits per heavy atom. The summed E-state index contributed by atoms with van der Waals surface area (Å²) in [6.45, 7) is 5.39. The summed E-state index contributed by atoms with van der Waals surface area (Å²) in [7, 11) is 1.62. The van der Waals surface area contributed by atoms with Gasteiger partial charge in [0.05, 0.1) is 5.69 Å². The van der Waals surface area contributed by atoms with E-state index in [-0.39, 0.29) is 5.91 Å². The Hall–Kier alpha value is -1.42. The van der Waals surface area contributed by atoms with E-state index < -0.39 is 0 Å². The van der Waals surface area contributed by atoms with Crippen molar-refractivity contribution >= 4 is 5.91 Å². The van der Waals surface area contributed by atoms with Crippen LogP contribution in [0.5, 0.6) is 0 Å². The Balaban J connectivity index is 1.95. The largest absolute Gasteiger partial charge is 0.354 e. The number of nitrogens with zero attached hydrogens (tertiary/aromatic N) is 2. The molecule has 2 heterocycles. The SMILES string of the molecule is CCC1CN(Cc2cccc(C(=O)NC)n2)C1. The normalized spacial score (nSPS) is 16.6. The van der Waals surface area contributed by atoms with Gasteiger partial charge in [-0.2, -0.15) is 0 Å². The number of amides is 1. The van der Waals surface area contributed by atoms with Crippen molar-refractivity contribution in [3.63, 3.8) is 0 Å². The van der Waals surface area contributed by atoms with Gasteiger partial charge in [-0.15, -0.1) is 0 Å². The highest BCUT2D eigenvalue weighted by Crippen LogP contribution is 2.20. The lowest BCUT2D eigenvalue weighted by Gasteiger charge is -2.38. The number of carbonyl (C=O) groups is 1. The van der Waals surface area contributed by atoms with E-state index in [0.717, 1.165) is 31.2 Å². The quantitative estimate of drug-likeness (QED) is 0.852. The smallest absolute Gasteiger partial charge is 0.269 e. The van der Waals surface area contributed by atoms with E-state index in [4.69, 9.17) is 0 Å². The molecule has 0 unspecified atom stereocenters. The maximum Gasteiger partial charge on any atom is 0.269 e. The molecule has 0 aromatic carbocycles. The summed E-state index contributed by atoms with van der Waals surface area (Å²) in [5.41, 5.74) is 1.47. The molecule has 0 saturated carbocycles. The Morgan fingerprint density at radius 1 is 1.53 bits per heavy atom. The van der Waals surface area contributed by atoms with Crippen molar-refractivity contribution in [1.82, 2.24) is 15.2 Å². The molecule has 0 spiro atoms. The summed E-state index contributed by atoms with van der Waals surface area (Å²) >= 11 is 0. The summed E-state index contributed by atoms with van der Waals surface area (Å²) in [5.74, 6) is 0.721. The van der Waals surface area contributed by atoms with Gasteiger partial charge in [0.15, 0.2) is 0 Å². The summed E-state index contributed by atoms with van der Waals surface area (Å²) < 4.78 is 0. The van der Waals surface area contributed by atoms with Crippen LogP contribution in [0.3, 0.4) is 0 Å². The fraction of sp³-hybridized carbons (Fsp3) is 0.538. The molecule has 92 valence electrons. The zero-order valence-corrected chi connectivity index (χ0v) is 10.4. The van der Waals surface area contributed by atoms with Gasteiger partial charge in [-0.25, -0.2) is 4.98 Å². The van der Waals surface area contributed by atoms with E-state index >= 15 is 0 Å². The van der Waals surface area contributed by atoms with Gasteiger partial charge in [0.25, 0.3) is 5.91 Å². The Bertz CT molecular complexity index is 399. The molecule has 0 atom stereocenters. The number of rotatable bonds is 4. The lowest BCUT2D eigenvalue weighted by atomic mass is 9.97. The highest BCUT2D eigenvalue weighted by atomic mass is 16.1. The summed E-state index contributed by atoms with van der Waals surface area (Å²) in [6, 6.07) is 5.61. The number of nitrogens with one attached hydrogen (secondary N) is 1. The number of hydrogen-bond donors (Lipinski definition) is 1. The second kappa shape index (κ2) is 5.27. The highest BCUT2D eigenvalue weighted by molar-refractivity contribution is 5.91. The van der Waals surface area contributed by atoms with Gasteiger partial charge < -0.3 is 5.32 Å². The third-order valence-electron chi connectivity index (χ3n) is 3.26. The molecule has 17 heavy (non-hydrogen) atoms. The van der Waals surface area contributed by atoms with Gasteiger partial charge in [0.1, 0.15) is 5.69 Å². The molecule has 1 aliphatic heterocycles. The molecule has 0 radical (unpaired) electrons. The van der Waals surface area contributed by atoms with Crippen LogP contribution >= 0.6 is 0 Å². The van der Waals surface area contributed by atoms with Crippen LogP contribution in [-0.2, 0) is 6.54 Å². The Labute approximate surface area is 102 Å². The lowest BCUT2D eigenvalue weighted by molar-refractivity contribution is 0.0879. The molecular weight excluding hydrogens is 214 g/mol. The first kappa shape index (κ1) is 12.0. The number of aromatic nitrogens is 1. The van der Waals surface area contributed by atoms with Crippen LogP contribution in [0.4, 0.5) is 0 Å². The summed E-state index contributed by atoms with van der Waals surface area (Å²) in [6.07, 6.45) is 1.25. The van der Waals surface area contributed by atoms with Crippen molar-refractivity contribution in [1.29, 1.82) is 0 Å². The van der Waals surface area contributed by atoms with Crippen molar-refractivity contribution in [2.45, 2.75) is 19.9 Å². The lowest BCUT2D eigenvalue weighted by Crippen LogP contribution is -2.45. The predicted molar refractivity (Wildman–Crippen MR) is 66.7 cm³/mol. The molecule has 1 amide bonds. The summed E-state index contributed by atoms with van der Waals surface area (Å²) in [4.78, 5) is 18.2. The molecule has 0 aliphatic carbocycles. The van der Waals surface area contributed by atoms with Crippen LogP contribution in [-0.4, -0.2) is 35.9 Å². The van der Waals surface area contributed by atoms with Gasteiger partial charge in [-0.05, 0) is 18.1 Å². The van der Waals surface area contributed by atoms with Gasteiger partial charge in [-0.3, -0.25) is 9.69 Å². The molecule has 4 heteroatoms. The second-order valence-corrected chi connectivity index (χ2v) is 4.56. The van der Waals surface area contributed by atoms with Crippen molar-refractivity contribution in [2.24, 2.45) is 5.92 Å². The highest BCUT2D eigenvalue weighted by Gasteiger charge is 2.25. The van der Waals surface area contributed by atoms with Crippen molar-refractivity contribution in [3.8, 4) is 0 Å². The van der Waals surface area contributed by atoms with E-state index in [0.29, 0.717) is 5.69 Å². The van der Waals surface area contributed by atoms with Gasteiger partial charge >= 0.3 is 0 Å². The molecule has 1 aliphatic rings. The molecule has 4 nitrogen and oxygen atoms in total. The number of likely N-dealkylation sites (tertiary alicyclic amines) is 1. The Kier molecular flexibility index (Phi) is 3.74. The third kappa shape index (κ3) is 2.82. The van der Waals surface area contributed by atoms with Gasteiger partial charge in [0.2, 0.25) is 0 Å². The first-order valence-corrected chi connectivity index (χ1v) is 6.13. The number of hydrogen-bond acceptors (Lipinski definition) is 3. The molecule has 1 N–H and O–H groups in total. The minimum absolute atomic E-state index is 0.123. The van der Waals surface area contributed by atoms with E-state index in [9.17, 15) is 4.79 Å². The van der Waals surface area contributed by atoms with Crippen LogP contribution in [0, 0.1) is 5.92 Å². The second-order valence-electron chi connectivity index (χ2n) is 4.56. The predicted octanol–water partition coefficient (Wildman–Crippen LogP) is 1.28. The van der Waals surface area contributed by atoms with E-state index in [1.165, 1.54) is 6.42 Å². The van der Waals surface area contributed by atoms with Crippen molar-refractivity contribution in [3.05, 3.63) is 29.6 Å². The minimum atomic E-state index is -0.123. The first-order valence-electron chi connectivity index (χ1n) is 6.13. The molecule has 1 aromatic heterocycles. The minimum Gasteiger partial charge on any atom is -0.354 e. The molecule has 0 bridgehead atoms. The topological polar surface area (TPSA) is 45.2 Å². The van der Waals surface area contributed by atoms with Crippen molar-refractivity contribution < 1.29 is 4.79 Å². The standard InChI is InChI=1S/C13H19N3O/c1-3-10-7-16(8-10)9-11-5-4-6-12(15-11)13(17)14-2/h4-6,10H,3,7-9H2,1-2H3,(H,14,17).